The Bertz CT molecular complexity index is 503. The zero-order valence-electron chi connectivity index (χ0n) is 10.6. The van der Waals surface area contributed by atoms with Crippen molar-refractivity contribution in [2.75, 3.05) is 6.61 Å². The van der Waals surface area contributed by atoms with E-state index in [-0.39, 0.29) is 0 Å². The van der Waals surface area contributed by atoms with Gasteiger partial charge in [-0.05, 0) is 50.1 Å². The zero-order valence-corrected chi connectivity index (χ0v) is 10.6. The van der Waals surface area contributed by atoms with Crippen molar-refractivity contribution in [1.29, 1.82) is 0 Å². The molecule has 0 aliphatic heterocycles. The molecule has 3 heteroatoms. The summed E-state index contributed by atoms with van der Waals surface area (Å²) < 4.78 is 5.70. The second-order valence-electron chi connectivity index (χ2n) is 4.39. The fraction of sp³-hybridized carbons (Fsp3) is 0.357. The molecule has 2 aromatic rings. The molecule has 0 spiro atoms. The van der Waals surface area contributed by atoms with Crippen LogP contribution < -0.4 is 4.74 Å². The molecule has 0 aliphatic rings. The molecule has 2 rings (SSSR count). The number of aromatic amines is 1. The number of nitrogens with one attached hydrogen (secondary N) is 1. The van der Waals surface area contributed by atoms with Gasteiger partial charge in [-0.15, -0.1) is 0 Å². The molecule has 1 N–H and O–H groups in total. The van der Waals surface area contributed by atoms with Gasteiger partial charge in [-0.2, -0.15) is 5.10 Å². The maximum absolute atomic E-state index is 5.70. The van der Waals surface area contributed by atoms with Crippen LogP contribution >= 0.6 is 0 Å². The SMILES string of the molecule is Cc1cc(CCOc2ccc(C)c(C)c2)n[nH]1. The first kappa shape index (κ1) is 11.7. The fourth-order valence-corrected chi connectivity index (χ4v) is 1.68. The first-order valence-electron chi connectivity index (χ1n) is 5.86. The van der Waals surface area contributed by atoms with Crippen molar-refractivity contribution in [3.63, 3.8) is 0 Å². The molecular formula is C14H18N2O. The molecule has 0 atom stereocenters. The van der Waals surface area contributed by atoms with Crippen LogP contribution in [0.1, 0.15) is 22.5 Å². The summed E-state index contributed by atoms with van der Waals surface area (Å²) >= 11 is 0. The lowest BCUT2D eigenvalue weighted by Gasteiger charge is -2.07. The molecule has 1 aromatic carbocycles. The van der Waals surface area contributed by atoms with E-state index in [2.05, 4.69) is 36.2 Å². The van der Waals surface area contributed by atoms with Gasteiger partial charge in [0.05, 0.1) is 12.3 Å². The van der Waals surface area contributed by atoms with Gasteiger partial charge in [0.15, 0.2) is 0 Å². The molecule has 0 bridgehead atoms. The molecular weight excluding hydrogens is 212 g/mol. The quantitative estimate of drug-likeness (QED) is 0.876. The first-order valence-corrected chi connectivity index (χ1v) is 5.86. The number of aromatic nitrogens is 2. The van der Waals surface area contributed by atoms with E-state index in [0.717, 1.165) is 23.6 Å². The van der Waals surface area contributed by atoms with Gasteiger partial charge in [-0.1, -0.05) is 6.07 Å². The average Bonchev–Trinajstić information content (AvgIpc) is 2.70. The zero-order chi connectivity index (χ0) is 12.3. The van der Waals surface area contributed by atoms with E-state index in [1.165, 1.54) is 11.1 Å². The largest absolute Gasteiger partial charge is 0.493 e. The number of H-pyrrole nitrogens is 1. The van der Waals surface area contributed by atoms with E-state index in [1.54, 1.807) is 0 Å². The van der Waals surface area contributed by atoms with Crippen LogP contribution in [0.25, 0.3) is 0 Å². The van der Waals surface area contributed by atoms with Crippen LogP contribution in [0.2, 0.25) is 0 Å². The Kier molecular flexibility index (Phi) is 3.47. The lowest BCUT2D eigenvalue weighted by molar-refractivity contribution is 0.320. The molecule has 1 aromatic heterocycles. The molecule has 0 unspecified atom stereocenters. The van der Waals surface area contributed by atoms with Gasteiger partial charge in [0.2, 0.25) is 0 Å². The Balaban J connectivity index is 1.87. The molecule has 1 heterocycles. The molecule has 90 valence electrons. The Morgan fingerprint density at radius 2 is 1.94 bits per heavy atom. The van der Waals surface area contributed by atoms with E-state index >= 15 is 0 Å². The first-order chi connectivity index (χ1) is 8.15. The van der Waals surface area contributed by atoms with Gasteiger partial charge in [-0.25, -0.2) is 0 Å². The van der Waals surface area contributed by atoms with Gasteiger partial charge in [0, 0.05) is 12.1 Å². The number of hydrogen-bond donors (Lipinski definition) is 1. The van der Waals surface area contributed by atoms with Crippen LogP contribution in [0.3, 0.4) is 0 Å². The highest BCUT2D eigenvalue weighted by Crippen LogP contribution is 2.16. The molecule has 3 nitrogen and oxygen atoms in total. The van der Waals surface area contributed by atoms with Crippen molar-refractivity contribution in [2.24, 2.45) is 0 Å². The highest BCUT2D eigenvalue weighted by Gasteiger charge is 2.00. The minimum atomic E-state index is 0.660. The predicted molar refractivity (Wildman–Crippen MR) is 68.4 cm³/mol. The van der Waals surface area contributed by atoms with Gasteiger partial charge >= 0.3 is 0 Å². The van der Waals surface area contributed by atoms with E-state index in [9.17, 15) is 0 Å². The minimum absolute atomic E-state index is 0.660. The summed E-state index contributed by atoms with van der Waals surface area (Å²) in [5.74, 6) is 0.931. The maximum Gasteiger partial charge on any atom is 0.119 e. The Hall–Kier alpha value is -1.77. The van der Waals surface area contributed by atoms with Gasteiger partial charge < -0.3 is 4.74 Å². The molecule has 0 saturated heterocycles. The Morgan fingerprint density at radius 3 is 2.59 bits per heavy atom. The molecule has 0 amide bonds. The number of nitrogens with zero attached hydrogens (tertiary/aromatic N) is 1. The second-order valence-corrected chi connectivity index (χ2v) is 4.39. The summed E-state index contributed by atoms with van der Waals surface area (Å²) in [4.78, 5) is 0. The highest BCUT2D eigenvalue weighted by molar-refractivity contribution is 5.33. The minimum Gasteiger partial charge on any atom is -0.493 e. The van der Waals surface area contributed by atoms with E-state index in [1.807, 2.05) is 19.1 Å². The van der Waals surface area contributed by atoms with E-state index < -0.39 is 0 Å². The van der Waals surface area contributed by atoms with Crippen molar-refractivity contribution in [1.82, 2.24) is 10.2 Å². The van der Waals surface area contributed by atoms with Gasteiger partial charge in [0.1, 0.15) is 5.75 Å². The standard InChI is InChI=1S/C14H18N2O/c1-10-4-5-14(8-11(10)2)17-7-6-13-9-12(3)15-16-13/h4-5,8-9H,6-7H2,1-3H3,(H,15,16). The monoisotopic (exact) mass is 230 g/mol. The summed E-state index contributed by atoms with van der Waals surface area (Å²) in [5.41, 5.74) is 4.69. The van der Waals surface area contributed by atoms with Gasteiger partial charge in [0.25, 0.3) is 0 Å². The van der Waals surface area contributed by atoms with Crippen molar-refractivity contribution in [3.8, 4) is 5.75 Å². The number of benzene rings is 1. The lowest BCUT2D eigenvalue weighted by Crippen LogP contribution is -2.02. The average molecular weight is 230 g/mol. The van der Waals surface area contributed by atoms with E-state index in [4.69, 9.17) is 4.74 Å². The van der Waals surface area contributed by atoms with Crippen LogP contribution in [0.5, 0.6) is 5.75 Å². The lowest BCUT2D eigenvalue weighted by atomic mass is 10.1. The third-order valence-electron chi connectivity index (χ3n) is 2.86. The molecule has 17 heavy (non-hydrogen) atoms. The molecule has 0 aliphatic carbocycles. The van der Waals surface area contributed by atoms with Crippen LogP contribution in [0, 0.1) is 20.8 Å². The summed E-state index contributed by atoms with van der Waals surface area (Å²) in [5, 5.41) is 7.10. The normalized spacial score (nSPS) is 10.5. The third kappa shape index (κ3) is 3.09. The molecule has 0 radical (unpaired) electrons. The smallest absolute Gasteiger partial charge is 0.119 e. The van der Waals surface area contributed by atoms with Crippen LogP contribution in [-0.4, -0.2) is 16.8 Å². The maximum atomic E-state index is 5.70. The molecule has 0 saturated carbocycles. The topological polar surface area (TPSA) is 37.9 Å². The molecule has 0 fully saturated rings. The van der Waals surface area contributed by atoms with Crippen molar-refractivity contribution >= 4 is 0 Å². The van der Waals surface area contributed by atoms with Crippen molar-refractivity contribution < 1.29 is 4.74 Å². The third-order valence-corrected chi connectivity index (χ3v) is 2.86. The highest BCUT2D eigenvalue weighted by atomic mass is 16.5. The van der Waals surface area contributed by atoms with Crippen molar-refractivity contribution in [3.05, 3.63) is 46.8 Å². The van der Waals surface area contributed by atoms with Crippen LogP contribution in [0.4, 0.5) is 0 Å². The Morgan fingerprint density at radius 1 is 1.12 bits per heavy atom. The van der Waals surface area contributed by atoms with Crippen molar-refractivity contribution in [2.45, 2.75) is 27.2 Å². The van der Waals surface area contributed by atoms with Crippen LogP contribution in [-0.2, 0) is 6.42 Å². The predicted octanol–water partition coefficient (Wildman–Crippen LogP) is 2.96. The number of aryl methyl sites for hydroxylation is 3. The number of rotatable bonds is 4. The summed E-state index contributed by atoms with van der Waals surface area (Å²) in [6, 6.07) is 8.22. The fourth-order valence-electron chi connectivity index (χ4n) is 1.68. The van der Waals surface area contributed by atoms with Gasteiger partial charge in [-0.3, -0.25) is 5.10 Å². The second kappa shape index (κ2) is 5.04. The summed E-state index contributed by atoms with van der Waals surface area (Å²) in [6.07, 6.45) is 0.831. The summed E-state index contributed by atoms with van der Waals surface area (Å²) in [7, 11) is 0. The van der Waals surface area contributed by atoms with Crippen LogP contribution in [0.15, 0.2) is 24.3 Å². The Labute approximate surface area is 102 Å². The van der Waals surface area contributed by atoms with E-state index in [0.29, 0.717) is 6.61 Å². The number of hydrogen-bond acceptors (Lipinski definition) is 2. The summed E-state index contributed by atoms with van der Waals surface area (Å²) in [6.45, 7) is 6.86. The number of ether oxygens (including phenoxy) is 1.